The Kier molecular flexibility index (Phi) is 5.83. The third-order valence-corrected chi connectivity index (χ3v) is 5.14. The molecule has 1 aromatic carbocycles. The van der Waals surface area contributed by atoms with E-state index in [1.54, 1.807) is 24.5 Å². The lowest BCUT2D eigenvalue weighted by Crippen LogP contribution is -2.43. The van der Waals surface area contributed by atoms with Crippen LogP contribution in [0.4, 0.5) is 10.2 Å². The number of aromatic nitrogens is 3. The fraction of sp³-hybridized carbons (Fsp3) is 0.273. The number of anilines is 1. The van der Waals surface area contributed by atoms with Gasteiger partial charge in [-0.05, 0) is 48.7 Å². The first-order valence-corrected chi connectivity index (χ1v) is 9.88. The molecule has 0 unspecified atom stereocenters. The van der Waals surface area contributed by atoms with Crippen LogP contribution in [0.25, 0.3) is 5.69 Å². The number of hydrogen-bond donors (Lipinski definition) is 1. The maximum Gasteiger partial charge on any atom is 0.271 e. The Morgan fingerprint density at radius 3 is 2.90 bits per heavy atom. The Labute approximate surface area is 173 Å². The Hall–Kier alpha value is -3.55. The number of amides is 1. The summed E-state index contributed by atoms with van der Waals surface area (Å²) in [6.45, 7) is 1.68. The molecule has 0 radical (unpaired) electrons. The molecule has 4 rings (SSSR count). The summed E-state index contributed by atoms with van der Waals surface area (Å²) in [6.07, 6.45) is 5.05. The molecule has 1 aliphatic heterocycles. The molecule has 0 aliphatic carbocycles. The molecule has 30 heavy (non-hydrogen) atoms. The number of carbonyl (C=O) groups excluding carboxylic acids is 1. The lowest BCUT2D eigenvalue weighted by atomic mass is 9.97. The zero-order valence-corrected chi connectivity index (χ0v) is 16.4. The van der Waals surface area contributed by atoms with Gasteiger partial charge in [0.25, 0.3) is 5.56 Å². The monoisotopic (exact) mass is 407 g/mol. The van der Waals surface area contributed by atoms with E-state index in [4.69, 9.17) is 0 Å². The lowest BCUT2D eigenvalue weighted by molar-refractivity contribution is -0.125. The van der Waals surface area contributed by atoms with Crippen molar-refractivity contribution in [2.24, 2.45) is 5.92 Å². The van der Waals surface area contributed by atoms with Gasteiger partial charge in [0, 0.05) is 38.1 Å². The maximum absolute atomic E-state index is 13.6. The van der Waals surface area contributed by atoms with Crippen LogP contribution < -0.4 is 15.8 Å². The quantitative estimate of drug-likeness (QED) is 0.702. The highest BCUT2D eigenvalue weighted by Gasteiger charge is 2.26. The second-order valence-electron chi connectivity index (χ2n) is 7.29. The molecule has 1 aliphatic rings. The number of carbonyl (C=O) groups is 1. The van der Waals surface area contributed by atoms with E-state index in [9.17, 15) is 14.0 Å². The van der Waals surface area contributed by atoms with E-state index < -0.39 is 5.82 Å². The van der Waals surface area contributed by atoms with E-state index >= 15 is 0 Å². The summed E-state index contributed by atoms with van der Waals surface area (Å²) in [7, 11) is 0. The minimum absolute atomic E-state index is 0.0120. The largest absolute Gasteiger partial charge is 0.354 e. The van der Waals surface area contributed by atoms with Crippen LogP contribution in [0, 0.1) is 11.7 Å². The van der Waals surface area contributed by atoms with Gasteiger partial charge in [0.15, 0.2) is 0 Å². The molecule has 1 atom stereocenters. The standard InChI is InChI=1S/C22H22FN5O2/c23-18-6-1-7-19(12-18)28-21(29)9-8-20(26-28)27-11-3-5-17(15-27)22(30)25-14-16-4-2-10-24-13-16/h1-2,4,6-10,12-13,17H,3,5,11,14-15H2,(H,25,30)/t17-/m0/s1. The SMILES string of the molecule is O=C(NCc1cccnc1)[C@H]1CCCN(c2ccc(=O)n(-c3cccc(F)c3)n2)C1. The number of pyridine rings is 1. The molecule has 0 spiro atoms. The normalized spacial score (nSPS) is 16.3. The van der Waals surface area contributed by atoms with Crippen molar-refractivity contribution >= 4 is 11.7 Å². The second-order valence-corrected chi connectivity index (χ2v) is 7.29. The van der Waals surface area contributed by atoms with Crippen molar-refractivity contribution in [1.82, 2.24) is 20.1 Å². The molecule has 0 bridgehead atoms. The Morgan fingerprint density at radius 2 is 2.10 bits per heavy atom. The molecular formula is C22H22FN5O2. The van der Waals surface area contributed by atoms with E-state index in [2.05, 4.69) is 15.4 Å². The summed E-state index contributed by atoms with van der Waals surface area (Å²) in [5, 5.41) is 7.39. The van der Waals surface area contributed by atoms with Gasteiger partial charge in [-0.2, -0.15) is 4.68 Å². The van der Waals surface area contributed by atoms with Crippen LogP contribution >= 0.6 is 0 Å². The molecule has 7 nitrogen and oxygen atoms in total. The average Bonchev–Trinajstić information content (AvgIpc) is 2.78. The zero-order chi connectivity index (χ0) is 20.9. The van der Waals surface area contributed by atoms with Gasteiger partial charge in [-0.25, -0.2) is 4.39 Å². The molecule has 3 heterocycles. The topological polar surface area (TPSA) is 80.1 Å². The van der Waals surface area contributed by atoms with E-state index in [-0.39, 0.29) is 17.4 Å². The zero-order valence-electron chi connectivity index (χ0n) is 16.4. The summed E-state index contributed by atoms with van der Waals surface area (Å²) in [5.41, 5.74) is 0.971. The smallest absolute Gasteiger partial charge is 0.271 e. The number of piperidine rings is 1. The van der Waals surface area contributed by atoms with Crippen molar-refractivity contribution in [3.63, 3.8) is 0 Å². The summed E-state index contributed by atoms with van der Waals surface area (Å²) < 4.78 is 14.8. The molecular weight excluding hydrogens is 385 g/mol. The van der Waals surface area contributed by atoms with Crippen molar-refractivity contribution in [3.05, 3.63) is 82.7 Å². The Bertz CT molecular complexity index is 1090. The highest BCUT2D eigenvalue weighted by atomic mass is 19.1. The van der Waals surface area contributed by atoms with E-state index in [0.29, 0.717) is 24.6 Å². The summed E-state index contributed by atoms with van der Waals surface area (Å²) >= 11 is 0. The molecule has 154 valence electrons. The van der Waals surface area contributed by atoms with Gasteiger partial charge in [-0.15, -0.1) is 5.10 Å². The molecule has 1 fully saturated rings. The Balaban J connectivity index is 1.47. The van der Waals surface area contributed by atoms with Crippen molar-refractivity contribution < 1.29 is 9.18 Å². The summed E-state index contributed by atoms with van der Waals surface area (Å²) in [5.74, 6) is -0.0349. The van der Waals surface area contributed by atoms with Crippen molar-refractivity contribution in [1.29, 1.82) is 0 Å². The van der Waals surface area contributed by atoms with Gasteiger partial charge in [-0.3, -0.25) is 14.6 Å². The van der Waals surface area contributed by atoms with Crippen LogP contribution in [0.1, 0.15) is 18.4 Å². The summed E-state index contributed by atoms with van der Waals surface area (Å²) in [6, 6.07) is 12.6. The fourth-order valence-electron chi connectivity index (χ4n) is 3.60. The van der Waals surface area contributed by atoms with Crippen molar-refractivity contribution in [3.8, 4) is 5.69 Å². The van der Waals surface area contributed by atoms with Crippen molar-refractivity contribution in [2.45, 2.75) is 19.4 Å². The van der Waals surface area contributed by atoms with Crippen LogP contribution in [0.15, 0.2) is 65.7 Å². The first kappa shape index (κ1) is 19.8. The maximum atomic E-state index is 13.6. The molecule has 3 aromatic rings. The van der Waals surface area contributed by atoms with E-state index in [1.807, 2.05) is 17.0 Å². The minimum atomic E-state index is -0.435. The van der Waals surface area contributed by atoms with Crippen LogP contribution in [-0.2, 0) is 11.3 Å². The van der Waals surface area contributed by atoms with Gasteiger partial charge in [0.1, 0.15) is 11.6 Å². The number of halogens is 1. The molecule has 1 N–H and O–H groups in total. The van der Waals surface area contributed by atoms with E-state index in [1.165, 1.54) is 28.9 Å². The number of nitrogens with zero attached hydrogens (tertiary/aromatic N) is 4. The van der Waals surface area contributed by atoms with Crippen LogP contribution in [0.5, 0.6) is 0 Å². The molecule has 1 amide bonds. The number of nitrogens with one attached hydrogen (secondary N) is 1. The van der Waals surface area contributed by atoms with Crippen molar-refractivity contribution in [2.75, 3.05) is 18.0 Å². The van der Waals surface area contributed by atoms with Gasteiger partial charge in [-0.1, -0.05) is 12.1 Å². The molecule has 8 heteroatoms. The predicted octanol–water partition coefficient (Wildman–Crippen LogP) is 2.30. The van der Waals surface area contributed by atoms with E-state index in [0.717, 1.165) is 24.9 Å². The van der Waals surface area contributed by atoms with Crippen LogP contribution in [0.3, 0.4) is 0 Å². The Morgan fingerprint density at radius 1 is 1.20 bits per heavy atom. The molecule has 1 saturated heterocycles. The first-order valence-electron chi connectivity index (χ1n) is 9.88. The molecule has 2 aromatic heterocycles. The highest BCUT2D eigenvalue weighted by Crippen LogP contribution is 2.21. The van der Waals surface area contributed by atoms with Crippen LogP contribution in [0.2, 0.25) is 0 Å². The average molecular weight is 407 g/mol. The minimum Gasteiger partial charge on any atom is -0.354 e. The van der Waals surface area contributed by atoms with Gasteiger partial charge in [0.05, 0.1) is 11.6 Å². The second kappa shape index (κ2) is 8.86. The predicted molar refractivity (Wildman–Crippen MR) is 111 cm³/mol. The fourth-order valence-corrected chi connectivity index (χ4v) is 3.60. The first-order chi connectivity index (χ1) is 14.6. The third-order valence-electron chi connectivity index (χ3n) is 5.14. The number of hydrogen-bond acceptors (Lipinski definition) is 5. The van der Waals surface area contributed by atoms with Gasteiger partial charge in [0.2, 0.25) is 5.91 Å². The van der Waals surface area contributed by atoms with Gasteiger partial charge < -0.3 is 10.2 Å². The van der Waals surface area contributed by atoms with Gasteiger partial charge >= 0.3 is 0 Å². The number of benzene rings is 1. The summed E-state index contributed by atoms with van der Waals surface area (Å²) in [4.78, 5) is 30.9. The van der Waals surface area contributed by atoms with Crippen LogP contribution in [-0.4, -0.2) is 33.8 Å². The number of rotatable bonds is 5. The molecule has 0 saturated carbocycles. The lowest BCUT2D eigenvalue weighted by Gasteiger charge is -2.32. The highest BCUT2D eigenvalue weighted by molar-refractivity contribution is 5.79. The third kappa shape index (κ3) is 4.53.